The Hall–Kier alpha value is -2.76. The highest BCUT2D eigenvalue weighted by atomic mass is 19.2. The Morgan fingerprint density at radius 3 is 2.27 bits per heavy atom. The normalized spacial score (nSPS) is 10.9. The second-order valence-corrected chi connectivity index (χ2v) is 4.41. The van der Waals surface area contributed by atoms with E-state index < -0.39 is 23.4 Å². The van der Waals surface area contributed by atoms with E-state index in [4.69, 9.17) is 9.84 Å². The molecule has 0 atom stereocenters. The van der Waals surface area contributed by atoms with Gasteiger partial charge in [0.15, 0.2) is 17.5 Å². The van der Waals surface area contributed by atoms with Gasteiger partial charge in [0.2, 0.25) is 0 Å². The van der Waals surface area contributed by atoms with Crippen LogP contribution in [0.15, 0.2) is 42.5 Å². The molecular weight excluding hydrogens is 297 g/mol. The van der Waals surface area contributed by atoms with Gasteiger partial charge in [0.05, 0.1) is 0 Å². The molecule has 1 N–H and O–H groups in total. The Kier molecular flexibility index (Phi) is 4.83. The number of benzene rings is 2. The molecule has 22 heavy (non-hydrogen) atoms. The summed E-state index contributed by atoms with van der Waals surface area (Å²) in [7, 11) is 0. The number of phenolic OH excluding ortho intramolecular Hbond substituents is 1. The zero-order valence-electron chi connectivity index (χ0n) is 11.2. The van der Waals surface area contributed by atoms with E-state index >= 15 is 0 Å². The lowest BCUT2D eigenvalue weighted by atomic mass is 10.2. The van der Waals surface area contributed by atoms with E-state index in [1.807, 2.05) is 0 Å². The van der Waals surface area contributed by atoms with Crippen molar-refractivity contribution in [2.75, 3.05) is 0 Å². The molecule has 6 heteroatoms. The largest absolute Gasteiger partial charge is 0.508 e. The number of esters is 1. The highest BCUT2D eigenvalue weighted by Gasteiger charge is 2.11. The molecule has 0 aliphatic rings. The van der Waals surface area contributed by atoms with Crippen LogP contribution in [-0.4, -0.2) is 11.1 Å². The van der Waals surface area contributed by atoms with E-state index in [-0.39, 0.29) is 17.9 Å². The van der Waals surface area contributed by atoms with Gasteiger partial charge in [0.1, 0.15) is 12.4 Å². The second kappa shape index (κ2) is 6.80. The van der Waals surface area contributed by atoms with Gasteiger partial charge in [-0.05, 0) is 41.5 Å². The van der Waals surface area contributed by atoms with Gasteiger partial charge in [-0.3, -0.25) is 0 Å². The van der Waals surface area contributed by atoms with Crippen molar-refractivity contribution in [3.05, 3.63) is 71.1 Å². The molecule has 0 aliphatic carbocycles. The van der Waals surface area contributed by atoms with Gasteiger partial charge in [0, 0.05) is 6.08 Å². The minimum atomic E-state index is -1.57. The summed E-state index contributed by atoms with van der Waals surface area (Å²) in [4.78, 5) is 11.5. The van der Waals surface area contributed by atoms with Gasteiger partial charge in [-0.25, -0.2) is 18.0 Å². The smallest absolute Gasteiger partial charge is 0.331 e. The number of phenols is 1. The number of carbonyl (C=O) groups is 1. The molecule has 2 aromatic rings. The minimum Gasteiger partial charge on any atom is -0.508 e. The highest BCUT2D eigenvalue weighted by Crippen LogP contribution is 2.15. The minimum absolute atomic E-state index is 0.00258. The molecule has 2 rings (SSSR count). The number of ether oxygens (including phenoxy) is 1. The molecular formula is C16H11F3O3. The van der Waals surface area contributed by atoms with Crippen LogP contribution < -0.4 is 0 Å². The summed E-state index contributed by atoms with van der Waals surface area (Å²) in [6.45, 7) is -0.382. The summed E-state index contributed by atoms with van der Waals surface area (Å²) in [6, 6.07) is 7.60. The molecule has 114 valence electrons. The van der Waals surface area contributed by atoms with E-state index in [9.17, 15) is 18.0 Å². The quantitative estimate of drug-likeness (QED) is 0.533. The summed E-state index contributed by atoms with van der Waals surface area (Å²) in [5, 5.41) is 9.10. The summed E-state index contributed by atoms with van der Waals surface area (Å²) in [5.74, 6) is -4.88. The van der Waals surface area contributed by atoms with E-state index in [1.165, 1.54) is 18.2 Å². The SMILES string of the molecule is O=C(/C=C/c1ccc(O)cc1)OCc1cc(F)c(F)c(F)c1. The highest BCUT2D eigenvalue weighted by molar-refractivity contribution is 5.87. The molecule has 0 spiro atoms. The lowest BCUT2D eigenvalue weighted by molar-refractivity contribution is -0.138. The number of hydrogen-bond acceptors (Lipinski definition) is 3. The average molecular weight is 308 g/mol. The summed E-state index contributed by atoms with van der Waals surface area (Å²) in [6.07, 6.45) is 2.58. The molecule has 0 unspecified atom stereocenters. The van der Waals surface area contributed by atoms with Crippen LogP contribution in [0.25, 0.3) is 6.08 Å². The van der Waals surface area contributed by atoms with Crippen LogP contribution in [0, 0.1) is 17.5 Å². The maximum atomic E-state index is 13.0. The topological polar surface area (TPSA) is 46.5 Å². The van der Waals surface area contributed by atoms with Crippen LogP contribution in [0.3, 0.4) is 0 Å². The van der Waals surface area contributed by atoms with Gasteiger partial charge in [-0.15, -0.1) is 0 Å². The fourth-order valence-electron chi connectivity index (χ4n) is 1.64. The zero-order chi connectivity index (χ0) is 16.1. The monoisotopic (exact) mass is 308 g/mol. The average Bonchev–Trinajstić information content (AvgIpc) is 2.50. The standard InChI is InChI=1S/C16H11F3O3/c17-13-7-11(8-14(18)16(13)19)9-22-15(21)6-3-10-1-4-12(20)5-2-10/h1-8,20H,9H2/b6-3+. The van der Waals surface area contributed by atoms with Crippen molar-refractivity contribution in [2.45, 2.75) is 6.61 Å². The first-order valence-corrected chi connectivity index (χ1v) is 6.23. The fourth-order valence-corrected chi connectivity index (χ4v) is 1.64. The number of carbonyl (C=O) groups excluding carboxylic acids is 1. The van der Waals surface area contributed by atoms with Gasteiger partial charge in [-0.1, -0.05) is 12.1 Å². The molecule has 0 radical (unpaired) electrons. The molecule has 0 amide bonds. The molecule has 3 nitrogen and oxygen atoms in total. The van der Waals surface area contributed by atoms with Gasteiger partial charge in [-0.2, -0.15) is 0 Å². The fraction of sp³-hybridized carbons (Fsp3) is 0.0625. The van der Waals surface area contributed by atoms with Crippen LogP contribution in [0.2, 0.25) is 0 Å². The predicted molar refractivity (Wildman–Crippen MR) is 73.3 cm³/mol. The molecule has 0 fully saturated rings. The van der Waals surface area contributed by atoms with E-state index in [0.29, 0.717) is 5.56 Å². The van der Waals surface area contributed by atoms with Crippen LogP contribution in [0.5, 0.6) is 5.75 Å². The van der Waals surface area contributed by atoms with Crippen molar-refractivity contribution in [2.24, 2.45) is 0 Å². The molecule has 2 aromatic carbocycles. The summed E-state index contributed by atoms with van der Waals surface area (Å²) < 4.78 is 43.5. The van der Waals surface area contributed by atoms with Crippen LogP contribution >= 0.6 is 0 Å². The first-order chi connectivity index (χ1) is 10.5. The number of aromatic hydroxyl groups is 1. The Labute approximate surface area is 124 Å². The van der Waals surface area contributed by atoms with Crippen molar-refractivity contribution < 1.29 is 27.8 Å². The third kappa shape index (κ3) is 4.12. The van der Waals surface area contributed by atoms with Gasteiger partial charge in [0.25, 0.3) is 0 Å². The van der Waals surface area contributed by atoms with Gasteiger partial charge >= 0.3 is 5.97 Å². The maximum Gasteiger partial charge on any atom is 0.331 e. The van der Waals surface area contributed by atoms with Crippen molar-refractivity contribution >= 4 is 12.0 Å². The predicted octanol–water partition coefficient (Wildman–Crippen LogP) is 3.57. The lowest BCUT2D eigenvalue weighted by Gasteiger charge is -2.04. The van der Waals surface area contributed by atoms with E-state index in [2.05, 4.69) is 0 Å². The van der Waals surface area contributed by atoms with E-state index in [1.54, 1.807) is 12.1 Å². The number of hydrogen-bond donors (Lipinski definition) is 1. The van der Waals surface area contributed by atoms with Crippen LogP contribution in [0.4, 0.5) is 13.2 Å². The molecule has 0 aromatic heterocycles. The Balaban J connectivity index is 1.94. The van der Waals surface area contributed by atoms with E-state index in [0.717, 1.165) is 18.2 Å². The lowest BCUT2D eigenvalue weighted by Crippen LogP contribution is -2.02. The third-order valence-electron chi connectivity index (χ3n) is 2.73. The molecule has 0 saturated heterocycles. The summed E-state index contributed by atoms with van der Waals surface area (Å²) >= 11 is 0. The number of halogens is 3. The Morgan fingerprint density at radius 2 is 1.68 bits per heavy atom. The first-order valence-electron chi connectivity index (χ1n) is 6.23. The van der Waals surface area contributed by atoms with Crippen LogP contribution in [-0.2, 0) is 16.1 Å². The van der Waals surface area contributed by atoms with Crippen LogP contribution in [0.1, 0.15) is 11.1 Å². The second-order valence-electron chi connectivity index (χ2n) is 4.41. The Bertz CT molecular complexity index is 686. The first kappa shape index (κ1) is 15.6. The Morgan fingerprint density at radius 1 is 1.09 bits per heavy atom. The number of rotatable bonds is 4. The molecule has 0 heterocycles. The molecule has 0 saturated carbocycles. The molecule has 0 bridgehead atoms. The van der Waals surface area contributed by atoms with Crippen molar-refractivity contribution in [1.82, 2.24) is 0 Å². The van der Waals surface area contributed by atoms with Gasteiger partial charge < -0.3 is 9.84 Å². The maximum absolute atomic E-state index is 13.0. The van der Waals surface area contributed by atoms with Crippen molar-refractivity contribution in [1.29, 1.82) is 0 Å². The zero-order valence-corrected chi connectivity index (χ0v) is 11.2. The van der Waals surface area contributed by atoms with Crippen molar-refractivity contribution in [3.63, 3.8) is 0 Å². The molecule has 0 aliphatic heterocycles. The van der Waals surface area contributed by atoms with Crippen molar-refractivity contribution in [3.8, 4) is 5.75 Å². The third-order valence-corrected chi connectivity index (χ3v) is 2.73. The summed E-state index contributed by atoms with van der Waals surface area (Å²) in [5.41, 5.74) is 0.663.